The number of ether oxygens (including phenoxy) is 1. The Labute approximate surface area is 175 Å². The lowest BCUT2D eigenvalue weighted by Crippen LogP contribution is -1.96. The van der Waals surface area contributed by atoms with Gasteiger partial charge >= 0.3 is 0 Å². The van der Waals surface area contributed by atoms with E-state index in [1.807, 2.05) is 11.3 Å². The second-order valence-corrected chi connectivity index (χ2v) is 9.15. The van der Waals surface area contributed by atoms with Crippen LogP contribution in [0.2, 0.25) is 0 Å². The summed E-state index contributed by atoms with van der Waals surface area (Å²) in [6, 6.07) is 22.6. The molecule has 4 aromatic carbocycles. The molecule has 29 heavy (non-hydrogen) atoms. The standard InChI is InChI=1S/C27H26OS/c1-3-4-5-6-11-28-23-10-9-19-14-24-25-15-21-12-18(2)7-8-20(21)16-26(25)29-27(24)17-22(19)13-23/h7-10,12-17H,3-6,11H2,1-2H3. The smallest absolute Gasteiger partial charge is 0.119 e. The SMILES string of the molecule is CCCCCCOc1ccc2cc3c(cc2c1)sc1cc2ccc(C)cc2cc13. The molecule has 0 fully saturated rings. The maximum atomic E-state index is 6.00. The first kappa shape index (κ1) is 18.4. The fraction of sp³-hybridized carbons (Fsp3) is 0.259. The number of hydrogen-bond donors (Lipinski definition) is 0. The Kier molecular flexibility index (Phi) is 4.89. The van der Waals surface area contributed by atoms with Crippen molar-refractivity contribution in [3.63, 3.8) is 0 Å². The maximum absolute atomic E-state index is 6.00. The van der Waals surface area contributed by atoms with Crippen molar-refractivity contribution in [1.82, 2.24) is 0 Å². The first-order chi connectivity index (χ1) is 14.2. The zero-order valence-corrected chi connectivity index (χ0v) is 17.9. The zero-order valence-electron chi connectivity index (χ0n) is 17.1. The second kappa shape index (κ2) is 7.68. The van der Waals surface area contributed by atoms with Crippen molar-refractivity contribution in [2.75, 3.05) is 6.61 Å². The Morgan fingerprint density at radius 3 is 2.21 bits per heavy atom. The van der Waals surface area contributed by atoms with Gasteiger partial charge in [-0.2, -0.15) is 0 Å². The van der Waals surface area contributed by atoms with Crippen LogP contribution in [0, 0.1) is 6.92 Å². The summed E-state index contributed by atoms with van der Waals surface area (Å²) in [6.07, 6.45) is 4.94. The average molecular weight is 399 g/mol. The van der Waals surface area contributed by atoms with Gasteiger partial charge in [-0.3, -0.25) is 0 Å². The van der Waals surface area contributed by atoms with Crippen LogP contribution in [0.15, 0.2) is 60.7 Å². The molecule has 5 rings (SSSR count). The van der Waals surface area contributed by atoms with Gasteiger partial charge in [-0.25, -0.2) is 0 Å². The normalized spacial score (nSPS) is 11.8. The molecule has 2 heteroatoms. The Bertz CT molecular complexity index is 1330. The number of unbranched alkanes of at least 4 members (excludes halogenated alkanes) is 3. The van der Waals surface area contributed by atoms with Crippen molar-refractivity contribution in [2.45, 2.75) is 39.5 Å². The molecule has 0 radical (unpaired) electrons. The summed E-state index contributed by atoms with van der Waals surface area (Å²) in [6.45, 7) is 5.21. The van der Waals surface area contributed by atoms with Crippen LogP contribution in [0.5, 0.6) is 5.75 Å². The molecule has 0 atom stereocenters. The highest BCUT2D eigenvalue weighted by atomic mass is 32.1. The minimum Gasteiger partial charge on any atom is -0.494 e. The molecule has 0 bridgehead atoms. The molecule has 0 aliphatic heterocycles. The molecular formula is C27H26OS. The predicted octanol–water partition coefficient (Wildman–Crippen LogP) is 8.63. The molecule has 0 unspecified atom stereocenters. The van der Waals surface area contributed by atoms with E-state index in [1.54, 1.807) is 0 Å². The molecule has 0 aliphatic rings. The highest BCUT2D eigenvalue weighted by Crippen LogP contribution is 2.39. The topological polar surface area (TPSA) is 9.23 Å². The third-order valence-corrected chi connectivity index (χ3v) is 6.90. The van der Waals surface area contributed by atoms with E-state index >= 15 is 0 Å². The largest absolute Gasteiger partial charge is 0.494 e. The maximum Gasteiger partial charge on any atom is 0.119 e. The van der Waals surface area contributed by atoms with E-state index in [-0.39, 0.29) is 0 Å². The minimum atomic E-state index is 0.808. The Morgan fingerprint density at radius 2 is 1.38 bits per heavy atom. The quantitative estimate of drug-likeness (QED) is 0.260. The number of rotatable bonds is 6. The van der Waals surface area contributed by atoms with Gasteiger partial charge in [-0.1, -0.05) is 56.0 Å². The average Bonchev–Trinajstić information content (AvgIpc) is 3.06. The first-order valence-corrected chi connectivity index (χ1v) is 11.5. The van der Waals surface area contributed by atoms with E-state index in [0.29, 0.717) is 0 Å². The van der Waals surface area contributed by atoms with Crippen molar-refractivity contribution in [2.24, 2.45) is 0 Å². The number of benzene rings is 4. The summed E-state index contributed by atoms with van der Waals surface area (Å²) in [5, 5.41) is 7.90. The lowest BCUT2D eigenvalue weighted by atomic mass is 10.0. The third kappa shape index (κ3) is 3.58. The van der Waals surface area contributed by atoms with E-state index in [9.17, 15) is 0 Å². The molecule has 0 spiro atoms. The van der Waals surface area contributed by atoms with E-state index in [2.05, 4.69) is 74.5 Å². The molecule has 0 N–H and O–H groups in total. The fourth-order valence-corrected chi connectivity index (χ4v) is 5.33. The van der Waals surface area contributed by atoms with Crippen molar-refractivity contribution in [1.29, 1.82) is 0 Å². The highest BCUT2D eigenvalue weighted by molar-refractivity contribution is 7.26. The molecule has 0 saturated heterocycles. The molecule has 1 aromatic heterocycles. The molecule has 0 aliphatic carbocycles. The van der Waals surface area contributed by atoms with Gasteiger partial charge in [0.2, 0.25) is 0 Å². The van der Waals surface area contributed by atoms with Crippen molar-refractivity contribution in [3.8, 4) is 5.75 Å². The molecule has 1 nitrogen and oxygen atoms in total. The lowest BCUT2D eigenvalue weighted by Gasteiger charge is -2.07. The second-order valence-electron chi connectivity index (χ2n) is 8.07. The summed E-state index contributed by atoms with van der Waals surface area (Å²) in [5.74, 6) is 0.982. The number of fused-ring (bicyclic) bond motifs is 5. The van der Waals surface area contributed by atoms with Gasteiger partial charge in [0.15, 0.2) is 0 Å². The summed E-state index contributed by atoms with van der Waals surface area (Å²) >= 11 is 1.89. The molecule has 1 heterocycles. The van der Waals surface area contributed by atoms with Crippen LogP contribution in [-0.2, 0) is 0 Å². The van der Waals surface area contributed by atoms with Gasteiger partial charge in [0.1, 0.15) is 5.75 Å². The van der Waals surface area contributed by atoms with Gasteiger partial charge in [0, 0.05) is 20.2 Å². The van der Waals surface area contributed by atoms with Crippen molar-refractivity contribution >= 4 is 53.1 Å². The Morgan fingerprint density at radius 1 is 0.690 bits per heavy atom. The van der Waals surface area contributed by atoms with Crippen LogP contribution in [0.3, 0.4) is 0 Å². The van der Waals surface area contributed by atoms with Gasteiger partial charge in [-0.05, 0) is 71.3 Å². The van der Waals surface area contributed by atoms with Gasteiger partial charge in [0.05, 0.1) is 6.61 Å². The zero-order chi connectivity index (χ0) is 19.8. The van der Waals surface area contributed by atoms with E-state index in [1.165, 1.54) is 66.5 Å². The van der Waals surface area contributed by atoms with Gasteiger partial charge < -0.3 is 4.74 Å². The van der Waals surface area contributed by atoms with Crippen LogP contribution in [0.4, 0.5) is 0 Å². The fourth-order valence-electron chi connectivity index (χ4n) is 4.17. The summed E-state index contributed by atoms with van der Waals surface area (Å²) < 4.78 is 8.71. The molecule has 146 valence electrons. The summed E-state index contributed by atoms with van der Waals surface area (Å²) in [4.78, 5) is 0. The molecule has 5 aromatic rings. The van der Waals surface area contributed by atoms with Crippen LogP contribution in [0.25, 0.3) is 41.7 Å². The predicted molar refractivity (Wildman–Crippen MR) is 129 cm³/mol. The van der Waals surface area contributed by atoms with Gasteiger partial charge in [-0.15, -0.1) is 11.3 Å². The monoisotopic (exact) mass is 398 g/mol. The van der Waals surface area contributed by atoms with Crippen LogP contribution in [0.1, 0.15) is 38.2 Å². The highest BCUT2D eigenvalue weighted by Gasteiger charge is 2.09. The third-order valence-electron chi connectivity index (χ3n) is 5.78. The van der Waals surface area contributed by atoms with E-state index in [0.717, 1.165) is 18.8 Å². The van der Waals surface area contributed by atoms with E-state index < -0.39 is 0 Å². The van der Waals surface area contributed by atoms with Crippen LogP contribution in [-0.4, -0.2) is 6.61 Å². The lowest BCUT2D eigenvalue weighted by molar-refractivity contribution is 0.305. The van der Waals surface area contributed by atoms with Crippen molar-refractivity contribution < 1.29 is 4.74 Å². The minimum absolute atomic E-state index is 0.808. The van der Waals surface area contributed by atoms with Gasteiger partial charge in [0.25, 0.3) is 0 Å². The van der Waals surface area contributed by atoms with Crippen LogP contribution < -0.4 is 4.74 Å². The molecule has 0 saturated carbocycles. The molecular weight excluding hydrogens is 372 g/mol. The number of thiophene rings is 1. The first-order valence-electron chi connectivity index (χ1n) is 10.6. The molecule has 0 amide bonds. The van der Waals surface area contributed by atoms with Crippen LogP contribution >= 0.6 is 11.3 Å². The number of hydrogen-bond acceptors (Lipinski definition) is 2. The Hall–Kier alpha value is -2.58. The summed E-state index contributed by atoms with van der Waals surface area (Å²) in [7, 11) is 0. The summed E-state index contributed by atoms with van der Waals surface area (Å²) in [5.41, 5.74) is 1.31. The number of aryl methyl sites for hydroxylation is 1. The Balaban J connectivity index is 1.54. The van der Waals surface area contributed by atoms with E-state index in [4.69, 9.17) is 4.74 Å². The van der Waals surface area contributed by atoms with Crippen molar-refractivity contribution in [3.05, 3.63) is 66.2 Å².